The minimum absolute atomic E-state index is 0.0474. The van der Waals surface area contributed by atoms with E-state index >= 15 is 0 Å². The third kappa shape index (κ3) is 3.36. The van der Waals surface area contributed by atoms with Crippen molar-refractivity contribution in [2.75, 3.05) is 6.61 Å². The number of Topliss-reactive ketones (excluding diaryl/α,β-unsaturated/α-hetero) is 1. The SMILES string of the molecule is CC[C@@H]1C[C@@H]2[C@H]([C@@H]3C=C(COC(=O)NCc4ccccc4)[C@@H](O)[C@]4(O)[C@@H](O)C(C)=C[C@@]14C3=O)C2(C)C. The fourth-order valence-corrected chi connectivity index (χ4v) is 7.67. The van der Waals surface area contributed by atoms with Gasteiger partial charge in [-0.2, -0.15) is 0 Å². The molecule has 36 heavy (non-hydrogen) atoms. The molecule has 0 heterocycles. The molecule has 0 radical (unpaired) electrons. The Balaban J connectivity index is 1.47. The summed E-state index contributed by atoms with van der Waals surface area (Å²) in [6.07, 6.45) is 1.20. The van der Waals surface area contributed by atoms with Crippen molar-refractivity contribution in [2.45, 2.75) is 64.9 Å². The number of ketones is 1. The van der Waals surface area contributed by atoms with Crippen molar-refractivity contribution >= 4 is 11.9 Å². The molecule has 2 bridgehead atoms. The Bertz CT molecular complexity index is 1130. The molecule has 4 N–H and O–H groups in total. The Morgan fingerprint density at radius 3 is 2.53 bits per heavy atom. The summed E-state index contributed by atoms with van der Waals surface area (Å²) in [6, 6.07) is 9.42. The Morgan fingerprint density at radius 2 is 1.86 bits per heavy atom. The lowest BCUT2D eigenvalue weighted by Gasteiger charge is -2.49. The highest BCUT2D eigenvalue weighted by molar-refractivity contribution is 5.95. The van der Waals surface area contributed by atoms with Crippen molar-refractivity contribution in [2.24, 2.45) is 34.5 Å². The lowest BCUT2D eigenvalue weighted by Crippen LogP contribution is -2.65. The summed E-state index contributed by atoms with van der Waals surface area (Å²) >= 11 is 0. The third-order valence-electron chi connectivity index (χ3n) is 9.69. The van der Waals surface area contributed by atoms with Crippen molar-refractivity contribution in [3.05, 3.63) is 59.2 Å². The van der Waals surface area contributed by atoms with Gasteiger partial charge in [-0.15, -0.1) is 0 Å². The summed E-state index contributed by atoms with van der Waals surface area (Å²) < 4.78 is 5.45. The van der Waals surface area contributed by atoms with Crippen LogP contribution in [0.1, 0.15) is 46.1 Å². The molecule has 5 rings (SSSR count). The molecule has 4 aliphatic rings. The zero-order valence-electron chi connectivity index (χ0n) is 21.4. The fourth-order valence-electron chi connectivity index (χ4n) is 7.67. The van der Waals surface area contributed by atoms with E-state index in [2.05, 4.69) is 19.2 Å². The van der Waals surface area contributed by atoms with Gasteiger partial charge in [-0.3, -0.25) is 4.79 Å². The van der Waals surface area contributed by atoms with Crippen molar-refractivity contribution in [1.29, 1.82) is 0 Å². The zero-order valence-corrected chi connectivity index (χ0v) is 21.4. The first kappa shape index (κ1) is 25.2. The fraction of sp³-hybridized carbons (Fsp3) is 0.586. The third-order valence-corrected chi connectivity index (χ3v) is 9.69. The minimum Gasteiger partial charge on any atom is -0.445 e. The van der Waals surface area contributed by atoms with Crippen LogP contribution in [0.4, 0.5) is 4.79 Å². The van der Waals surface area contributed by atoms with Gasteiger partial charge in [0.15, 0.2) is 5.78 Å². The van der Waals surface area contributed by atoms with E-state index in [1.807, 2.05) is 37.3 Å². The molecule has 4 aliphatic carbocycles. The van der Waals surface area contributed by atoms with Gasteiger partial charge in [0.25, 0.3) is 0 Å². The number of aliphatic hydroxyl groups excluding tert-OH is 2. The average molecular weight is 496 g/mol. The summed E-state index contributed by atoms with van der Waals surface area (Å²) in [6.45, 7) is 8.02. The summed E-state index contributed by atoms with van der Waals surface area (Å²) in [5.41, 5.74) is -1.91. The lowest BCUT2D eigenvalue weighted by atomic mass is 9.58. The monoisotopic (exact) mass is 495 g/mol. The molecule has 1 aromatic rings. The maximum absolute atomic E-state index is 14.3. The topological polar surface area (TPSA) is 116 Å². The number of nitrogens with one attached hydrogen (secondary N) is 1. The molecular weight excluding hydrogens is 458 g/mol. The maximum Gasteiger partial charge on any atom is 0.407 e. The number of amides is 1. The van der Waals surface area contributed by atoms with E-state index in [9.17, 15) is 24.9 Å². The number of ether oxygens (including phenoxy) is 1. The number of hydrogen-bond donors (Lipinski definition) is 4. The van der Waals surface area contributed by atoms with E-state index in [0.717, 1.165) is 12.0 Å². The van der Waals surface area contributed by atoms with Gasteiger partial charge in [-0.05, 0) is 53.2 Å². The van der Waals surface area contributed by atoms with Gasteiger partial charge in [0.05, 0.1) is 5.41 Å². The van der Waals surface area contributed by atoms with Crippen LogP contribution in [0, 0.1) is 34.5 Å². The highest BCUT2D eigenvalue weighted by Crippen LogP contribution is 2.72. The first-order valence-electron chi connectivity index (χ1n) is 13.0. The zero-order chi connectivity index (χ0) is 26.0. The molecule has 194 valence electrons. The van der Waals surface area contributed by atoms with Crippen molar-refractivity contribution in [3.8, 4) is 0 Å². The van der Waals surface area contributed by atoms with Crippen LogP contribution >= 0.6 is 0 Å². The standard InChI is InChI=1S/C29H37NO6/c1-5-19-12-21-22(27(21,3)4)20-11-18(15-36-26(34)30-14-17-9-7-6-8-10-17)24(32)29(35)23(31)16(2)13-28(19,29)25(20)33/h6-11,13,19-24,31-32,35H,5,12,14-15H2,1-4H3,(H,30,34)/t19-,20+,21-,22+,23+,24-,28+,29-/m1/s1. The van der Waals surface area contributed by atoms with Crippen molar-refractivity contribution in [3.63, 3.8) is 0 Å². The predicted octanol–water partition coefficient (Wildman–Crippen LogP) is 3.14. The van der Waals surface area contributed by atoms with E-state index in [1.54, 1.807) is 19.1 Å². The van der Waals surface area contributed by atoms with E-state index in [4.69, 9.17) is 4.74 Å². The van der Waals surface area contributed by atoms with Gasteiger partial charge in [-0.25, -0.2) is 4.79 Å². The highest BCUT2D eigenvalue weighted by Gasteiger charge is 2.76. The largest absolute Gasteiger partial charge is 0.445 e. The first-order chi connectivity index (χ1) is 17.0. The molecule has 0 unspecified atom stereocenters. The number of alkyl carbamates (subject to hydrolysis) is 1. The number of hydrogen-bond acceptors (Lipinski definition) is 6. The van der Waals surface area contributed by atoms with Crippen LogP contribution in [0.5, 0.6) is 0 Å². The molecule has 7 heteroatoms. The number of fused-ring (bicyclic) bond motifs is 3. The van der Waals surface area contributed by atoms with Gasteiger partial charge in [0, 0.05) is 12.5 Å². The quantitative estimate of drug-likeness (QED) is 0.467. The second-order valence-electron chi connectivity index (χ2n) is 11.7. The summed E-state index contributed by atoms with van der Waals surface area (Å²) in [5.74, 6) is -0.534. The van der Waals surface area contributed by atoms with Crippen LogP contribution in [0.2, 0.25) is 0 Å². The number of rotatable bonds is 5. The molecule has 2 fully saturated rings. The maximum atomic E-state index is 14.3. The van der Waals surface area contributed by atoms with Crippen molar-refractivity contribution < 1.29 is 29.6 Å². The van der Waals surface area contributed by atoms with Crippen LogP contribution in [-0.2, 0) is 16.1 Å². The van der Waals surface area contributed by atoms with Gasteiger partial charge in [0.1, 0.15) is 24.4 Å². The molecule has 2 saturated carbocycles. The smallest absolute Gasteiger partial charge is 0.407 e. The highest BCUT2D eigenvalue weighted by atomic mass is 16.5. The van der Waals surface area contributed by atoms with E-state index in [0.29, 0.717) is 17.9 Å². The summed E-state index contributed by atoms with van der Waals surface area (Å²) in [4.78, 5) is 26.8. The first-order valence-corrected chi connectivity index (χ1v) is 13.0. The molecule has 1 amide bonds. The van der Waals surface area contributed by atoms with E-state index in [-0.39, 0.29) is 41.8 Å². The number of aliphatic hydroxyl groups is 3. The number of benzene rings is 1. The Morgan fingerprint density at radius 1 is 1.17 bits per heavy atom. The molecule has 8 atom stereocenters. The van der Waals surface area contributed by atoms with Gasteiger partial charge < -0.3 is 25.4 Å². The van der Waals surface area contributed by atoms with Crippen LogP contribution in [0.3, 0.4) is 0 Å². The van der Waals surface area contributed by atoms with Gasteiger partial charge >= 0.3 is 6.09 Å². The summed E-state index contributed by atoms with van der Waals surface area (Å²) in [7, 11) is 0. The van der Waals surface area contributed by atoms with Crippen molar-refractivity contribution in [1.82, 2.24) is 5.32 Å². The average Bonchev–Trinajstić information content (AvgIpc) is 3.38. The number of carbonyl (C=O) groups is 2. The lowest BCUT2D eigenvalue weighted by molar-refractivity contribution is -0.191. The second kappa shape index (κ2) is 8.54. The van der Waals surface area contributed by atoms with Crippen LogP contribution < -0.4 is 5.32 Å². The van der Waals surface area contributed by atoms with Crippen LogP contribution in [-0.4, -0.2) is 51.6 Å². The Hall–Kier alpha value is -2.48. The molecule has 1 aromatic carbocycles. The van der Waals surface area contributed by atoms with Gasteiger partial charge in [0.2, 0.25) is 0 Å². The number of allylic oxidation sites excluding steroid dienone is 1. The number of carbonyl (C=O) groups excluding carboxylic acids is 2. The molecule has 0 aliphatic heterocycles. The molecule has 7 nitrogen and oxygen atoms in total. The molecule has 0 saturated heterocycles. The summed E-state index contributed by atoms with van der Waals surface area (Å²) in [5, 5.41) is 37.6. The van der Waals surface area contributed by atoms with Crippen LogP contribution in [0.15, 0.2) is 53.6 Å². The second-order valence-corrected chi connectivity index (χ2v) is 11.7. The normalized spacial score (nSPS) is 40.1. The molecule has 1 spiro atoms. The van der Waals surface area contributed by atoms with E-state index < -0.39 is 35.2 Å². The van der Waals surface area contributed by atoms with E-state index in [1.165, 1.54) is 0 Å². The predicted molar refractivity (Wildman–Crippen MR) is 134 cm³/mol. The minimum atomic E-state index is -2.12. The van der Waals surface area contributed by atoms with Gasteiger partial charge in [-0.1, -0.05) is 69.7 Å². The Labute approximate surface area is 212 Å². The van der Waals surface area contributed by atoms with Crippen LogP contribution in [0.25, 0.3) is 0 Å². The Kier molecular flexibility index (Phi) is 5.97. The molecule has 0 aromatic heterocycles. The molecular formula is C29H37NO6.